The van der Waals surface area contributed by atoms with Gasteiger partial charge in [0.15, 0.2) is 0 Å². The van der Waals surface area contributed by atoms with Gasteiger partial charge in [-0.25, -0.2) is 0 Å². The van der Waals surface area contributed by atoms with Crippen LogP contribution in [0, 0.1) is 0 Å². The number of amides is 1. The minimum Gasteiger partial charge on any atom is -0.349 e. The van der Waals surface area contributed by atoms with Crippen LogP contribution in [0.1, 0.15) is 36.0 Å². The maximum absolute atomic E-state index is 12.2. The molecule has 1 aromatic carbocycles. The number of carbonyl (C=O) groups excluding carboxylic acids is 1. The number of thioether (sulfide) groups is 1. The lowest BCUT2D eigenvalue weighted by atomic mass is 9.99. The molecule has 0 saturated carbocycles. The van der Waals surface area contributed by atoms with Gasteiger partial charge < -0.3 is 10.6 Å². The van der Waals surface area contributed by atoms with Gasteiger partial charge in [-0.15, -0.1) is 12.4 Å². The van der Waals surface area contributed by atoms with Gasteiger partial charge in [0.1, 0.15) is 0 Å². The first-order chi connectivity index (χ1) is 10.1. The number of carbonyl (C=O) groups is 1. The van der Waals surface area contributed by atoms with E-state index in [1.54, 1.807) is 24.3 Å². The molecule has 0 radical (unpaired) electrons. The lowest BCUT2D eigenvalue weighted by Crippen LogP contribution is -2.48. The quantitative estimate of drug-likeness (QED) is 0.819. The highest BCUT2D eigenvalue weighted by Crippen LogP contribution is 2.27. The number of hydrogen-bond acceptors (Lipinski definition) is 3. The Balaban J connectivity index is 0.00000176. The van der Waals surface area contributed by atoms with E-state index >= 15 is 0 Å². The van der Waals surface area contributed by atoms with E-state index in [1.165, 1.54) is 12.8 Å². The minimum atomic E-state index is -2.44. The molecule has 0 spiro atoms. The number of nitrogens with one attached hydrogen (secondary N) is 2. The highest BCUT2D eigenvalue weighted by Gasteiger charge is 2.34. The molecule has 2 bridgehead atoms. The van der Waals surface area contributed by atoms with Crippen LogP contribution in [0.4, 0.5) is 8.78 Å². The van der Waals surface area contributed by atoms with Gasteiger partial charge in [0.05, 0.1) is 0 Å². The van der Waals surface area contributed by atoms with Crippen LogP contribution in [0.15, 0.2) is 29.2 Å². The molecule has 122 valence electrons. The van der Waals surface area contributed by atoms with Crippen LogP contribution >= 0.6 is 24.2 Å². The fourth-order valence-electron chi connectivity index (χ4n) is 3.23. The van der Waals surface area contributed by atoms with Crippen molar-refractivity contribution in [2.75, 3.05) is 0 Å². The number of piperidine rings is 1. The molecule has 2 aliphatic rings. The molecule has 2 saturated heterocycles. The molecule has 1 amide bonds. The third-order valence-corrected chi connectivity index (χ3v) is 4.87. The van der Waals surface area contributed by atoms with Crippen molar-refractivity contribution in [2.45, 2.75) is 54.5 Å². The molecule has 0 aromatic heterocycles. The average Bonchev–Trinajstić information content (AvgIpc) is 2.78. The van der Waals surface area contributed by atoms with Crippen molar-refractivity contribution < 1.29 is 13.6 Å². The topological polar surface area (TPSA) is 41.1 Å². The van der Waals surface area contributed by atoms with Gasteiger partial charge in [-0.3, -0.25) is 4.79 Å². The highest BCUT2D eigenvalue weighted by molar-refractivity contribution is 7.99. The smallest absolute Gasteiger partial charge is 0.288 e. The number of alkyl halides is 2. The fourth-order valence-corrected chi connectivity index (χ4v) is 3.73. The maximum Gasteiger partial charge on any atom is 0.288 e. The van der Waals surface area contributed by atoms with Crippen molar-refractivity contribution in [3.63, 3.8) is 0 Å². The van der Waals surface area contributed by atoms with Crippen LogP contribution in [-0.2, 0) is 0 Å². The molecule has 2 aliphatic heterocycles. The molecule has 3 nitrogen and oxygen atoms in total. The number of rotatable bonds is 4. The SMILES string of the molecule is Cl.O=C(NC1CC2CCC(C1)N2)c1ccc(SC(F)F)cc1. The van der Waals surface area contributed by atoms with E-state index in [9.17, 15) is 13.6 Å². The van der Waals surface area contributed by atoms with Crippen LogP contribution in [-0.4, -0.2) is 29.8 Å². The molecule has 0 aliphatic carbocycles. The number of benzene rings is 1. The van der Waals surface area contributed by atoms with Gasteiger partial charge in [-0.05, 0) is 49.9 Å². The fraction of sp³-hybridized carbons (Fsp3) is 0.533. The highest BCUT2D eigenvalue weighted by atomic mass is 35.5. The summed E-state index contributed by atoms with van der Waals surface area (Å²) in [6.07, 6.45) is 4.33. The first-order valence-corrected chi connectivity index (χ1v) is 8.10. The summed E-state index contributed by atoms with van der Waals surface area (Å²) >= 11 is 0.490. The number of hydrogen-bond donors (Lipinski definition) is 2. The van der Waals surface area contributed by atoms with Crippen molar-refractivity contribution in [2.24, 2.45) is 0 Å². The van der Waals surface area contributed by atoms with Gasteiger partial charge in [0.2, 0.25) is 0 Å². The van der Waals surface area contributed by atoms with Crippen molar-refractivity contribution >= 4 is 30.1 Å². The zero-order valence-corrected chi connectivity index (χ0v) is 13.6. The summed E-state index contributed by atoms with van der Waals surface area (Å²) in [7, 11) is 0. The average molecular weight is 349 g/mol. The summed E-state index contributed by atoms with van der Waals surface area (Å²) in [5, 5.41) is 6.60. The van der Waals surface area contributed by atoms with Crippen LogP contribution in [0.2, 0.25) is 0 Å². The second kappa shape index (κ2) is 7.62. The summed E-state index contributed by atoms with van der Waals surface area (Å²) in [6.45, 7) is 0. The van der Waals surface area contributed by atoms with Crippen LogP contribution < -0.4 is 10.6 Å². The van der Waals surface area contributed by atoms with Crippen LogP contribution in [0.5, 0.6) is 0 Å². The van der Waals surface area contributed by atoms with Gasteiger partial charge in [0.25, 0.3) is 11.7 Å². The molecule has 2 unspecified atom stereocenters. The second-order valence-corrected chi connectivity index (χ2v) is 6.75. The normalized spacial score (nSPS) is 26.6. The molecule has 7 heteroatoms. The molecule has 2 atom stereocenters. The molecular weight excluding hydrogens is 330 g/mol. The Morgan fingerprint density at radius 2 is 1.77 bits per heavy atom. The molecular formula is C15H19ClF2N2OS. The third-order valence-electron chi connectivity index (χ3n) is 4.15. The zero-order chi connectivity index (χ0) is 14.8. The minimum absolute atomic E-state index is 0. The Kier molecular flexibility index (Phi) is 6.06. The third kappa shape index (κ3) is 4.33. The van der Waals surface area contributed by atoms with E-state index in [1.807, 2.05) is 0 Å². The summed E-state index contributed by atoms with van der Waals surface area (Å²) in [6, 6.07) is 7.62. The molecule has 2 heterocycles. The largest absolute Gasteiger partial charge is 0.349 e. The number of halogens is 3. The predicted molar refractivity (Wildman–Crippen MR) is 86.0 cm³/mol. The number of fused-ring (bicyclic) bond motifs is 2. The summed E-state index contributed by atoms with van der Waals surface area (Å²) < 4.78 is 24.5. The Bertz CT molecular complexity index is 503. The van der Waals surface area contributed by atoms with Crippen LogP contribution in [0.3, 0.4) is 0 Å². The Morgan fingerprint density at radius 3 is 2.32 bits per heavy atom. The summed E-state index contributed by atoms with van der Waals surface area (Å²) in [5.74, 6) is -2.55. The zero-order valence-electron chi connectivity index (χ0n) is 11.9. The Morgan fingerprint density at radius 1 is 1.18 bits per heavy atom. The lowest BCUT2D eigenvalue weighted by molar-refractivity contribution is 0.0924. The van der Waals surface area contributed by atoms with E-state index in [-0.39, 0.29) is 24.4 Å². The second-order valence-electron chi connectivity index (χ2n) is 5.68. The lowest BCUT2D eigenvalue weighted by Gasteiger charge is -2.29. The van der Waals surface area contributed by atoms with E-state index < -0.39 is 5.76 Å². The Hall–Kier alpha value is -0.850. The van der Waals surface area contributed by atoms with E-state index in [0.29, 0.717) is 34.3 Å². The van der Waals surface area contributed by atoms with E-state index in [2.05, 4.69) is 10.6 Å². The van der Waals surface area contributed by atoms with Gasteiger partial charge >= 0.3 is 0 Å². The van der Waals surface area contributed by atoms with Crippen molar-refractivity contribution in [3.05, 3.63) is 29.8 Å². The van der Waals surface area contributed by atoms with Crippen molar-refractivity contribution in [1.29, 1.82) is 0 Å². The van der Waals surface area contributed by atoms with Gasteiger partial charge in [-0.2, -0.15) is 8.78 Å². The van der Waals surface area contributed by atoms with Gasteiger partial charge in [0, 0.05) is 28.6 Å². The van der Waals surface area contributed by atoms with Crippen molar-refractivity contribution in [1.82, 2.24) is 10.6 Å². The standard InChI is InChI=1S/C15H18F2N2OS.ClH/c16-15(17)21-13-5-1-9(2-6-13)14(20)19-12-7-10-3-4-11(8-12)18-10;/h1-2,5-6,10-12,15,18H,3-4,7-8H2,(H,19,20);1H. The summed E-state index contributed by atoms with van der Waals surface area (Å²) in [5.41, 5.74) is 0.527. The molecule has 2 fully saturated rings. The van der Waals surface area contributed by atoms with Crippen LogP contribution in [0.25, 0.3) is 0 Å². The van der Waals surface area contributed by atoms with E-state index in [4.69, 9.17) is 0 Å². The van der Waals surface area contributed by atoms with Crippen molar-refractivity contribution in [3.8, 4) is 0 Å². The molecule has 1 aromatic rings. The van der Waals surface area contributed by atoms with E-state index in [0.717, 1.165) is 12.8 Å². The first-order valence-electron chi connectivity index (χ1n) is 7.22. The molecule has 22 heavy (non-hydrogen) atoms. The monoisotopic (exact) mass is 348 g/mol. The maximum atomic E-state index is 12.2. The Labute approximate surface area is 139 Å². The summed E-state index contributed by atoms with van der Waals surface area (Å²) in [4.78, 5) is 12.7. The first kappa shape index (κ1) is 17.5. The molecule has 3 rings (SSSR count). The molecule has 2 N–H and O–H groups in total. The predicted octanol–water partition coefficient (Wildman–Crippen LogP) is 3.44. The van der Waals surface area contributed by atoms with Gasteiger partial charge in [-0.1, -0.05) is 11.8 Å².